The summed E-state index contributed by atoms with van der Waals surface area (Å²) in [4.78, 5) is 11.8. The zero-order chi connectivity index (χ0) is 13.0. The van der Waals surface area contributed by atoms with Crippen molar-refractivity contribution < 1.29 is 4.79 Å². The second-order valence-electron chi connectivity index (χ2n) is 5.27. The topological polar surface area (TPSA) is 41.1 Å². The van der Waals surface area contributed by atoms with Crippen molar-refractivity contribution >= 4 is 11.6 Å². The first kappa shape index (κ1) is 13.1. The van der Waals surface area contributed by atoms with Gasteiger partial charge in [0.25, 0.3) is 0 Å². The molecule has 1 aliphatic rings. The Bertz CT molecular complexity index is 395. The molecule has 1 unspecified atom stereocenters. The van der Waals surface area contributed by atoms with E-state index >= 15 is 0 Å². The van der Waals surface area contributed by atoms with Crippen molar-refractivity contribution in [3.63, 3.8) is 0 Å². The summed E-state index contributed by atoms with van der Waals surface area (Å²) in [6, 6.07) is 8.31. The van der Waals surface area contributed by atoms with Gasteiger partial charge in [0.05, 0.1) is 6.54 Å². The summed E-state index contributed by atoms with van der Waals surface area (Å²) < 4.78 is 0. The van der Waals surface area contributed by atoms with Gasteiger partial charge < -0.3 is 10.6 Å². The predicted octanol–water partition coefficient (Wildman–Crippen LogP) is 2.71. The van der Waals surface area contributed by atoms with Gasteiger partial charge in [-0.3, -0.25) is 4.79 Å². The lowest BCUT2D eigenvalue weighted by molar-refractivity contribution is -0.115. The molecule has 1 atom stereocenters. The van der Waals surface area contributed by atoms with E-state index in [0.29, 0.717) is 12.6 Å². The van der Waals surface area contributed by atoms with Gasteiger partial charge in [-0.05, 0) is 44.7 Å². The van der Waals surface area contributed by atoms with E-state index in [2.05, 4.69) is 17.6 Å². The van der Waals surface area contributed by atoms with Crippen LogP contribution in [0, 0.1) is 12.8 Å². The predicted molar refractivity (Wildman–Crippen MR) is 74.6 cm³/mol. The molecule has 0 radical (unpaired) electrons. The van der Waals surface area contributed by atoms with Gasteiger partial charge in [0.15, 0.2) is 0 Å². The minimum absolute atomic E-state index is 0.0324. The van der Waals surface area contributed by atoms with Crippen molar-refractivity contribution in [3.05, 3.63) is 29.8 Å². The standard InChI is InChI=1S/C15H22N2O/c1-11-6-8-14(9-7-11)17-15(18)10-16-12(2)13-4-3-5-13/h6-9,12-13,16H,3-5,10H2,1-2H3,(H,17,18). The highest BCUT2D eigenvalue weighted by molar-refractivity contribution is 5.92. The summed E-state index contributed by atoms with van der Waals surface area (Å²) in [7, 11) is 0. The Hall–Kier alpha value is -1.35. The summed E-state index contributed by atoms with van der Waals surface area (Å²) in [5.41, 5.74) is 2.06. The number of carbonyl (C=O) groups excluding carboxylic acids is 1. The van der Waals surface area contributed by atoms with Gasteiger partial charge in [-0.15, -0.1) is 0 Å². The Morgan fingerprint density at radius 1 is 1.33 bits per heavy atom. The highest BCUT2D eigenvalue weighted by atomic mass is 16.1. The molecule has 98 valence electrons. The van der Waals surface area contributed by atoms with Gasteiger partial charge in [0.1, 0.15) is 0 Å². The fourth-order valence-electron chi connectivity index (χ4n) is 2.20. The molecule has 0 aromatic heterocycles. The van der Waals surface area contributed by atoms with Crippen LogP contribution in [0.3, 0.4) is 0 Å². The molecule has 0 saturated heterocycles. The summed E-state index contributed by atoms with van der Waals surface area (Å²) >= 11 is 0. The third-order valence-electron chi connectivity index (χ3n) is 3.78. The maximum absolute atomic E-state index is 11.8. The molecule has 1 saturated carbocycles. The number of aryl methyl sites for hydroxylation is 1. The summed E-state index contributed by atoms with van der Waals surface area (Å²) in [5.74, 6) is 0.794. The minimum atomic E-state index is 0.0324. The van der Waals surface area contributed by atoms with Crippen LogP contribution in [0.5, 0.6) is 0 Å². The molecular weight excluding hydrogens is 224 g/mol. The van der Waals surface area contributed by atoms with E-state index in [4.69, 9.17) is 0 Å². The third-order valence-corrected chi connectivity index (χ3v) is 3.78. The average molecular weight is 246 g/mol. The van der Waals surface area contributed by atoms with Crippen molar-refractivity contribution in [2.75, 3.05) is 11.9 Å². The summed E-state index contributed by atoms with van der Waals surface area (Å²) in [6.45, 7) is 4.60. The zero-order valence-electron chi connectivity index (χ0n) is 11.2. The minimum Gasteiger partial charge on any atom is -0.325 e. The largest absolute Gasteiger partial charge is 0.325 e. The number of anilines is 1. The number of rotatable bonds is 5. The molecule has 3 nitrogen and oxygen atoms in total. The molecule has 2 N–H and O–H groups in total. The van der Waals surface area contributed by atoms with E-state index in [1.807, 2.05) is 31.2 Å². The van der Waals surface area contributed by atoms with Crippen LogP contribution >= 0.6 is 0 Å². The molecule has 2 rings (SSSR count). The molecule has 1 aromatic carbocycles. The Labute approximate surface area is 109 Å². The van der Waals surface area contributed by atoms with Crippen LogP contribution in [0.15, 0.2) is 24.3 Å². The van der Waals surface area contributed by atoms with E-state index in [-0.39, 0.29) is 5.91 Å². The first-order chi connectivity index (χ1) is 8.65. The Kier molecular flexibility index (Phi) is 4.37. The molecule has 1 fully saturated rings. The third kappa shape index (κ3) is 3.57. The van der Waals surface area contributed by atoms with Crippen LogP contribution in [0.2, 0.25) is 0 Å². The van der Waals surface area contributed by atoms with E-state index < -0.39 is 0 Å². The first-order valence-corrected chi connectivity index (χ1v) is 6.75. The average Bonchev–Trinajstić information content (AvgIpc) is 2.27. The molecule has 0 aliphatic heterocycles. The lowest BCUT2D eigenvalue weighted by atomic mass is 9.80. The normalized spacial score (nSPS) is 17.0. The van der Waals surface area contributed by atoms with Crippen LogP contribution in [0.1, 0.15) is 31.7 Å². The molecule has 0 bridgehead atoms. The Morgan fingerprint density at radius 3 is 2.56 bits per heavy atom. The van der Waals surface area contributed by atoms with E-state index in [0.717, 1.165) is 11.6 Å². The quantitative estimate of drug-likeness (QED) is 0.838. The number of hydrogen-bond donors (Lipinski definition) is 2. The number of amides is 1. The second-order valence-corrected chi connectivity index (χ2v) is 5.27. The van der Waals surface area contributed by atoms with Gasteiger partial charge in [-0.25, -0.2) is 0 Å². The molecule has 3 heteroatoms. The molecule has 1 amide bonds. The van der Waals surface area contributed by atoms with Gasteiger partial charge in [-0.2, -0.15) is 0 Å². The van der Waals surface area contributed by atoms with E-state index in [1.165, 1.54) is 24.8 Å². The Balaban J connectivity index is 1.72. The van der Waals surface area contributed by atoms with Crippen molar-refractivity contribution in [2.45, 2.75) is 39.2 Å². The van der Waals surface area contributed by atoms with Gasteiger partial charge in [-0.1, -0.05) is 24.1 Å². The summed E-state index contributed by atoms with van der Waals surface area (Å²) in [6.07, 6.45) is 3.94. The molecule has 1 aromatic rings. The fourth-order valence-corrected chi connectivity index (χ4v) is 2.20. The maximum Gasteiger partial charge on any atom is 0.238 e. The Morgan fingerprint density at radius 2 is 2.00 bits per heavy atom. The lowest BCUT2D eigenvalue weighted by Gasteiger charge is -2.31. The second kappa shape index (κ2) is 6.01. The number of benzene rings is 1. The van der Waals surface area contributed by atoms with E-state index in [9.17, 15) is 4.79 Å². The van der Waals surface area contributed by atoms with Gasteiger partial charge >= 0.3 is 0 Å². The molecule has 0 spiro atoms. The van der Waals surface area contributed by atoms with Crippen LogP contribution in [-0.4, -0.2) is 18.5 Å². The molecule has 1 aliphatic carbocycles. The number of carbonyl (C=O) groups is 1. The highest BCUT2D eigenvalue weighted by Crippen LogP contribution is 2.29. The molecule has 0 heterocycles. The van der Waals surface area contributed by atoms with E-state index in [1.54, 1.807) is 0 Å². The summed E-state index contributed by atoms with van der Waals surface area (Å²) in [5, 5.41) is 6.20. The van der Waals surface area contributed by atoms with Gasteiger partial charge in [0.2, 0.25) is 5.91 Å². The van der Waals surface area contributed by atoms with Gasteiger partial charge in [0, 0.05) is 11.7 Å². The van der Waals surface area contributed by atoms with Crippen LogP contribution < -0.4 is 10.6 Å². The number of nitrogens with one attached hydrogen (secondary N) is 2. The fraction of sp³-hybridized carbons (Fsp3) is 0.533. The van der Waals surface area contributed by atoms with Crippen molar-refractivity contribution in [1.29, 1.82) is 0 Å². The SMILES string of the molecule is Cc1ccc(NC(=O)CNC(C)C2CCC2)cc1. The first-order valence-electron chi connectivity index (χ1n) is 6.75. The van der Waals surface area contributed by atoms with Crippen LogP contribution in [0.25, 0.3) is 0 Å². The zero-order valence-corrected chi connectivity index (χ0v) is 11.2. The monoisotopic (exact) mass is 246 g/mol. The van der Waals surface area contributed by atoms with Crippen molar-refractivity contribution in [3.8, 4) is 0 Å². The smallest absolute Gasteiger partial charge is 0.238 e. The van der Waals surface area contributed by atoms with Crippen LogP contribution in [0.4, 0.5) is 5.69 Å². The van der Waals surface area contributed by atoms with Crippen LogP contribution in [-0.2, 0) is 4.79 Å². The van der Waals surface area contributed by atoms with Crippen molar-refractivity contribution in [2.24, 2.45) is 5.92 Å². The number of hydrogen-bond acceptors (Lipinski definition) is 2. The maximum atomic E-state index is 11.8. The lowest BCUT2D eigenvalue weighted by Crippen LogP contribution is -2.41. The molecule has 18 heavy (non-hydrogen) atoms. The highest BCUT2D eigenvalue weighted by Gasteiger charge is 2.23. The molecular formula is C15H22N2O. The van der Waals surface area contributed by atoms with Crippen molar-refractivity contribution in [1.82, 2.24) is 5.32 Å².